The van der Waals surface area contributed by atoms with Gasteiger partial charge in [0.25, 0.3) is 5.91 Å². The molecule has 3 aromatic heterocycles. The number of hydrogen-bond donors (Lipinski definition) is 1. The molecule has 3 heterocycles. The van der Waals surface area contributed by atoms with E-state index in [1.807, 2.05) is 72.4 Å². The lowest BCUT2D eigenvalue weighted by Crippen LogP contribution is -2.28. The number of aryl methyl sites for hydroxylation is 1. The second kappa shape index (κ2) is 8.57. The Kier molecular flexibility index (Phi) is 5.52. The van der Waals surface area contributed by atoms with E-state index in [4.69, 9.17) is 0 Å². The Balaban J connectivity index is 1.48. The molecular formula is C23H22N6O. The molecule has 30 heavy (non-hydrogen) atoms. The second-order valence-corrected chi connectivity index (χ2v) is 6.99. The number of pyridine rings is 1. The largest absolute Gasteiger partial charge is 0.346 e. The van der Waals surface area contributed by atoms with E-state index in [1.165, 1.54) is 0 Å². The van der Waals surface area contributed by atoms with E-state index in [0.717, 1.165) is 22.5 Å². The van der Waals surface area contributed by atoms with Crippen LogP contribution >= 0.6 is 0 Å². The van der Waals surface area contributed by atoms with Gasteiger partial charge in [-0.05, 0) is 30.3 Å². The van der Waals surface area contributed by atoms with Gasteiger partial charge in [-0.2, -0.15) is 0 Å². The maximum absolute atomic E-state index is 12.9. The highest BCUT2D eigenvalue weighted by atomic mass is 16.2. The molecule has 4 aromatic rings. The van der Waals surface area contributed by atoms with Gasteiger partial charge in [-0.25, -0.2) is 9.97 Å². The number of rotatable bonds is 6. The molecule has 0 bridgehead atoms. The lowest BCUT2D eigenvalue weighted by molar-refractivity contribution is 0.0774. The number of para-hydroxylation sites is 1. The summed E-state index contributed by atoms with van der Waals surface area (Å²) in [5, 5.41) is 3.16. The van der Waals surface area contributed by atoms with Gasteiger partial charge < -0.3 is 14.8 Å². The topological polar surface area (TPSA) is 75.9 Å². The molecule has 150 valence electrons. The summed E-state index contributed by atoms with van der Waals surface area (Å²) in [6.07, 6.45) is 7.13. The summed E-state index contributed by atoms with van der Waals surface area (Å²) < 4.78 is 1.82. The first kappa shape index (κ1) is 19.3. The van der Waals surface area contributed by atoms with Gasteiger partial charge in [0.2, 0.25) is 5.95 Å². The van der Waals surface area contributed by atoms with Crippen LogP contribution in [-0.4, -0.2) is 37.4 Å². The van der Waals surface area contributed by atoms with Gasteiger partial charge in [-0.15, -0.1) is 0 Å². The van der Waals surface area contributed by atoms with Crippen molar-refractivity contribution < 1.29 is 4.79 Å². The number of amides is 1. The van der Waals surface area contributed by atoms with E-state index in [9.17, 15) is 4.79 Å². The number of nitrogens with zero attached hydrogens (tertiary/aromatic N) is 5. The molecule has 0 atom stereocenters. The Hall–Kier alpha value is -4.00. The molecule has 0 fully saturated rings. The Bertz CT molecular complexity index is 1120. The Morgan fingerprint density at radius 2 is 1.73 bits per heavy atom. The average Bonchev–Trinajstić information content (AvgIpc) is 3.16. The van der Waals surface area contributed by atoms with Crippen molar-refractivity contribution in [3.05, 3.63) is 90.8 Å². The summed E-state index contributed by atoms with van der Waals surface area (Å²) in [7, 11) is 3.63. The molecule has 1 N–H and O–H groups in total. The van der Waals surface area contributed by atoms with Crippen molar-refractivity contribution in [2.75, 3.05) is 12.4 Å². The molecule has 0 radical (unpaired) electrons. The van der Waals surface area contributed by atoms with Gasteiger partial charge in [0.15, 0.2) is 0 Å². The first-order valence-corrected chi connectivity index (χ1v) is 9.56. The minimum atomic E-state index is -0.0716. The van der Waals surface area contributed by atoms with Crippen molar-refractivity contribution in [1.29, 1.82) is 0 Å². The smallest absolute Gasteiger partial charge is 0.270 e. The molecule has 0 aliphatic carbocycles. The van der Waals surface area contributed by atoms with Crippen LogP contribution in [0.1, 0.15) is 16.2 Å². The van der Waals surface area contributed by atoms with E-state index in [-0.39, 0.29) is 5.91 Å². The first-order chi connectivity index (χ1) is 14.6. The summed E-state index contributed by atoms with van der Waals surface area (Å²) in [6.45, 7) is 0.448. The third-order valence-electron chi connectivity index (χ3n) is 4.71. The zero-order valence-corrected chi connectivity index (χ0v) is 16.9. The minimum Gasteiger partial charge on any atom is -0.346 e. The van der Waals surface area contributed by atoms with E-state index < -0.39 is 0 Å². The summed E-state index contributed by atoms with van der Waals surface area (Å²) >= 11 is 0. The molecule has 7 nitrogen and oxygen atoms in total. The number of benzene rings is 1. The number of aromatic nitrogens is 4. The van der Waals surface area contributed by atoms with Crippen LogP contribution in [0.25, 0.3) is 11.1 Å². The Labute approximate surface area is 175 Å². The molecule has 0 unspecified atom stereocenters. The molecule has 4 rings (SSSR count). The summed E-state index contributed by atoms with van der Waals surface area (Å²) in [4.78, 5) is 27.6. The van der Waals surface area contributed by atoms with Crippen LogP contribution in [0, 0.1) is 0 Å². The van der Waals surface area contributed by atoms with Crippen LogP contribution < -0.4 is 5.32 Å². The maximum Gasteiger partial charge on any atom is 0.270 e. The fourth-order valence-electron chi connectivity index (χ4n) is 3.13. The molecule has 0 aliphatic rings. The zero-order valence-electron chi connectivity index (χ0n) is 16.9. The van der Waals surface area contributed by atoms with Crippen molar-refractivity contribution in [3.63, 3.8) is 0 Å². The molecule has 0 aliphatic heterocycles. The summed E-state index contributed by atoms with van der Waals surface area (Å²) in [5.41, 5.74) is 4.09. The molecule has 0 saturated heterocycles. The number of carbonyl (C=O) groups excluding carboxylic acids is 1. The van der Waals surface area contributed by atoms with Crippen LogP contribution in [-0.2, 0) is 13.6 Å². The van der Waals surface area contributed by atoms with E-state index >= 15 is 0 Å². The molecule has 7 heteroatoms. The summed E-state index contributed by atoms with van der Waals surface area (Å²) in [5.74, 6) is 0.449. The van der Waals surface area contributed by atoms with Crippen molar-refractivity contribution in [2.45, 2.75) is 6.54 Å². The molecule has 0 saturated carbocycles. The Morgan fingerprint density at radius 1 is 1.00 bits per heavy atom. The predicted molar refractivity (Wildman–Crippen MR) is 116 cm³/mol. The normalized spacial score (nSPS) is 10.6. The monoisotopic (exact) mass is 398 g/mol. The van der Waals surface area contributed by atoms with Gasteiger partial charge >= 0.3 is 0 Å². The number of anilines is 2. The fourth-order valence-corrected chi connectivity index (χ4v) is 3.13. The van der Waals surface area contributed by atoms with Crippen LogP contribution in [0.4, 0.5) is 11.6 Å². The van der Waals surface area contributed by atoms with Crippen LogP contribution in [0.3, 0.4) is 0 Å². The van der Waals surface area contributed by atoms with Crippen LogP contribution in [0.5, 0.6) is 0 Å². The van der Waals surface area contributed by atoms with E-state index in [1.54, 1.807) is 30.5 Å². The van der Waals surface area contributed by atoms with Crippen molar-refractivity contribution >= 4 is 17.5 Å². The van der Waals surface area contributed by atoms with Crippen molar-refractivity contribution in [1.82, 2.24) is 24.4 Å². The standard InChI is InChI=1S/C23H22N6O/c1-28-15-17(12-21(28)22(30)29(2)16-20-10-6-7-11-24-20)18-13-25-23(26-14-18)27-19-8-4-3-5-9-19/h3-15H,16H2,1-2H3,(H,25,26,27). The minimum absolute atomic E-state index is 0.0716. The fraction of sp³-hybridized carbons (Fsp3) is 0.130. The Morgan fingerprint density at radius 3 is 2.43 bits per heavy atom. The summed E-state index contributed by atoms with van der Waals surface area (Å²) in [6, 6.07) is 17.3. The van der Waals surface area contributed by atoms with E-state index in [2.05, 4.69) is 20.3 Å². The molecule has 1 amide bonds. The quantitative estimate of drug-likeness (QED) is 0.533. The zero-order chi connectivity index (χ0) is 20.9. The molecule has 1 aromatic carbocycles. The molecular weight excluding hydrogens is 376 g/mol. The van der Waals surface area contributed by atoms with Crippen LogP contribution in [0.15, 0.2) is 79.4 Å². The van der Waals surface area contributed by atoms with Crippen molar-refractivity contribution in [2.24, 2.45) is 7.05 Å². The lowest BCUT2D eigenvalue weighted by Gasteiger charge is -2.16. The van der Waals surface area contributed by atoms with Gasteiger partial charge in [-0.3, -0.25) is 9.78 Å². The van der Waals surface area contributed by atoms with Crippen LogP contribution in [0.2, 0.25) is 0 Å². The third kappa shape index (κ3) is 4.35. The van der Waals surface area contributed by atoms with Gasteiger partial charge in [-0.1, -0.05) is 24.3 Å². The highest BCUT2D eigenvalue weighted by Gasteiger charge is 2.17. The highest BCUT2D eigenvalue weighted by molar-refractivity contribution is 5.94. The third-order valence-corrected chi connectivity index (χ3v) is 4.71. The predicted octanol–water partition coefficient (Wildman–Crippen LogP) is 3.89. The average molecular weight is 398 g/mol. The SMILES string of the molecule is CN(Cc1ccccn1)C(=O)c1cc(-c2cnc(Nc3ccccc3)nc2)cn1C. The lowest BCUT2D eigenvalue weighted by atomic mass is 10.2. The van der Waals surface area contributed by atoms with Crippen molar-refractivity contribution in [3.8, 4) is 11.1 Å². The first-order valence-electron chi connectivity index (χ1n) is 9.56. The van der Waals surface area contributed by atoms with Gasteiger partial charge in [0, 0.05) is 55.7 Å². The van der Waals surface area contributed by atoms with Gasteiger partial charge in [0.05, 0.1) is 12.2 Å². The van der Waals surface area contributed by atoms with Gasteiger partial charge in [0.1, 0.15) is 5.69 Å². The highest BCUT2D eigenvalue weighted by Crippen LogP contribution is 2.22. The second-order valence-electron chi connectivity index (χ2n) is 6.99. The number of nitrogens with one attached hydrogen (secondary N) is 1. The molecule has 0 spiro atoms. The number of carbonyl (C=O) groups is 1. The maximum atomic E-state index is 12.9. The van der Waals surface area contributed by atoms with E-state index in [0.29, 0.717) is 18.2 Å². The number of hydrogen-bond acceptors (Lipinski definition) is 5.